The van der Waals surface area contributed by atoms with Crippen molar-refractivity contribution in [1.82, 2.24) is 0 Å². The molecule has 4 rings (SSSR count). The first-order valence-electron chi connectivity index (χ1n) is 11.5. The minimum Gasteiger partial charge on any atom is -0.193 e. The molecule has 33 heavy (non-hydrogen) atoms. The number of fused-ring (bicyclic) bond motifs is 1. The Labute approximate surface area is 201 Å². The predicted molar refractivity (Wildman–Crippen MR) is 139 cm³/mol. The summed E-state index contributed by atoms with van der Waals surface area (Å²) < 4.78 is 0. The summed E-state index contributed by atoms with van der Waals surface area (Å²) in [5.41, 5.74) is 10.0. The van der Waals surface area contributed by atoms with Crippen molar-refractivity contribution in [3.8, 4) is 12.1 Å². The third-order valence-corrected chi connectivity index (χ3v) is 7.68. The normalized spacial score (nSPS) is 18.7. The van der Waals surface area contributed by atoms with E-state index in [-0.39, 0.29) is 0 Å². The maximum atomic E-state index is 8.91. The SMILES string of the molecule is C/C(C#N)=C/C=C/C1=CC=C(c2sc(C3=CC=C(/C=C/C=C(/C)C#N)C3)c3c2CCCC3)C1. The van der Waals surface area contributed by atoms with Gasteiger partial charge in [0, 0.05) is 20.9 Å². The molecule has 0 saturated heterocycles. The molecule has 0 spiro atoms. The Morgan fingerprint density at radius 2 is 1.21 bits per heavy atom. The third kappa shape index (κ3) is 5.33. The van der Waals surface area contributed by atoms with Gasteiger partial charge >= 0.3 is 0 Å². The molecule has 0 saturated carbocycles. The van der Waals surface area contributed by atoms with Crippen molar-refractivity contribution in [1.29, 1.82) is 10.5 Å². The molecule has 0 bridgehead atoms. The molecule has 0 aromatic carbocycles. The first-order chi connectivity index (χ1) is 16.1. The van der Waals surface area contributed by atoms with E-state index in [2.05, 4.69) is 48.6 Å². The molecule has 0 amide bonds. The van der Waals surface area contributed by atoms with Gasteiger partial charge in [0.2, 0.25) is 0 Å². The minimum atomic E-state index is 0.721. The van der Waals surface area contributed by atoms with Crippen LogP contribution in [-0.2, 0) is 12.8 Å². The summed E-state index contributed by atoms with van der Waals surface area (Å²) in [6.45, 7) is 3.66. The molecular formula is C30H28N2S. The van der Waals surface area contributed by atoms with Crippen LogP contribution in [0.15, 0.2) is 83.1 Å². The van der Waals surface area contributed by atoms with Crippen molar-refractivity contribution in [2.75, 3.05) is 0 Å². The third-order valence-electron chi connectivity index (χ3n) is 6.26. The summed E-state index contributed by atoms with van der Waals surface area (Å²) in [6, 6.07) is 4.32. The first-order valence-corrected chi connectivity index (χ1v) is 12.4. The molecule has 0 unspecified atom stereocenters. The number of nitrogens with zero attached hydrogens (tertiary/aromatic N) is 2. The van der Waals surface area contributed by atoms with E-state index in [1.807, 2.05) is 49.5 Å². The van der Waals surface area contributed by atoms with Crippen LogP contribution in [0.4, 0.5) is 0 Å². The molecule has 1 aromatic rings. The zero-order valence-corrected chi connectivity index (χ0v) is 20.1. The molecule has 0 radical (unpaired) electrons. The van der Waals surface area contributed by atoms with E-state index in [1.54, 1.807) is 11.1 Å². The highest BCUT2D eigenvalue weighted by Crippen LogP contribution is 2.46. The Hall–Kier alpha value is -3.40. The monoisotopic (exact) mass is 448 g/mol. The van der Waals surface area contributed by atoms with Gasteiger partial charge in [-0.1, -0.05) is 48.6 Å². The topological polar surface area (TPSA) is 47.6 Å². The zero-order valence-electron chi connectivity index (χ0n) is 19.3. The molecule has 0 aliphatic heterocycles. The summed E-state index contributed by atoms with van der Waals surface area (Å²) in [5.74, 6) is 0. The van der Waals surface area contributed by atoms with Gasteiger partial charge in [0.15, 0.2) is 0 Å². The fourth-order valence-electron chi connectivity index (χ4n) is 4.49. The lowest BCUT2D eigenvalue weighted by Crippen LogP contribution is -2.03. The van der Waals surface area contributed by atoms with Gasteiger partial charge < -0.3 is 0 Å². The summed E-state index contributed by atoms with van der Waals surface area (Å²) in [7, 11) is 0. The Bertz CT molecular complexity index is 1190. The van der Waals surface area contributed by atoms with Crippen molar-refractivity contribution in [2.24, 2.45) is 0 Å². The molecule has 0 fully saturated rings. The first kappa shape index (κ1) is 22.8. The average Bonchev–Trinajstić information content (AvgIpc) is 3.57. The van der Waals surface area contributed by atoms with Gasteiger partial charge in [-0.05, 0) is 97.9 Å². The van der Waals surface area contributed by atoms with E-state index < -0.39 is 0 Å². The lowest BCUT2D eigenvalue weighted by atomic mass is 9.88. The second-order valence-electron chi connectivity index (χ2n) is 8.79. The highest BCUT2D eigenvalue weighted by atomic mass is 32.1. The lowest BCUT2D eigenvalue weighted by molar-refractivity contribution is 0.688. The van der Waals surface area contributed by atoms with Crippen LogP contribution in [0.3, 0.4) is 0 Å². The van der Waals surface area contributed by atoms with E-state index in [9.17, 15) is 0 Å². The van der Waals surface area contributed by atoms with Gasteiger partial charge in [-0.25, -0.2) is 0 Å². The van der Waals surface area contributed by atoms with Crippen LogP contribution in [0.2, 0.25) is 0 Å². The number of hydrogen-bond donors (Lipinski definition) is 0. The molecule has 3 aliphatic rings. The summed E-state index contributed by atoms with van der Waals surface area (Å²) in [6.07, 6.45) is 27.8. The van der Waals surface area contributed by atoms with E-state index in [0.717, 1.165) is 24.0 Å². The van der Waals surface area contributed by atoms with E-state index in [4.69, 9.17) is 10.5 Å². The van der Waals surface area contributed by atoms with Crippen LogP contribution in [0.25, 0.3) is 11.1 Å². The van der Waals surface area contributed by atoms with Crippen LogP contribution >= 0.6 is 11.3 Å². The van der Waals surface area contributed by atoms with Crippen LogP contribution in [0, 0.1) is 22.7 Å². The molecule has 0 N–H and O–H groups in total. The van der Waals surface area contributed by atoms with Crippen molar-refractivity contribution in [3.63, 3.8) is 0 Å². The Kier molecular flexibility index (Phi) is 7.23. The lowest BCUT2D eigenvalue weighted by Gasteiger charge is -2.15. The van der Waals surface area contributed by atoms with Gasteiger partial charge in [-0.2, -0.15) is 10.5 Å². The van der Waals surface area contributed by atoms with E-state index >= 15 is 0 Å². The second-order valence-corrected chi connectivity index (χ2v) is 9.81. The van der Waals surface area contributed by atoms with Gasteiger partial charge in [-0.3, -0.25) is 0 Å². The van der Waals surface area contributed by atoms with Gasteiger partial charge in [0.25, 0.3) is 0 Å². The molecule has 0 atom stereocenters. The summed E-state index contributed by atoms with van der Waals surface area (Å²) in [5, 5.41) is 17.8. The molecule has 3 aliphatic carbocycles. The van der Waals surface area contributed by atoms with Crippen LogP contribution in [0.5, 0.6) is 0 Å². The Morgan fingerprint density at radius 1 is 0.758 bits per heavy atom. The molecular weight excluding hydrogens is 420 g/mol. The highest BCUT2D eigenvalue weighted by molar-refractivity contribution is 7.14. The maximum absolute atomic E-state index is 8.91. The number of allylic oxidation sites excluding steroid dienone is 16. The van der Waals surface area contributed by atoms with Crippen molar-refractivity contribution in [2.45, 2.75) is 52.4 Å². The van der Waals surface area contributed by atoms with E-state index in [0.29, 0.717) is 0 Å². The fraction of sp³-hybridized carbons (Fsp3) is 0.267. The molecule has 3 heteroatoms. The molecule has 1 aromatic heterocycles. The van der Waals surface area contributed by atoms with Gasteiger partial charge in [-0.15, -0.1) is 11.3 Å². The van der Waals surface area contributed by atoms with Crippen molar-refractivity contribution in [3.05, 3.63) is 104 Å². The second kappa shape index (κ2) is 10.5. The predicted octanol–water partition coefficient (Wildman–Crippen LogP) is 8.11. The van der Waals surface area contributed by atoms with Crippen LogP contribution in [0.1, 0.15) is 60.4 Å². The average molecular weight is 449 g/mol. The highest BCUT2D eigenvalue weighted by Gasteiger charge is 2.26. The number of thiophene rings is 1. The van der Waals surface area contributed by atoms with Crippen molar-refractivity contribution < 1.29 is 0 Å². The molecule has 164 valence electrons. The Balaban J connectivity index is 1.51. The standard InChI is InChI=1S/C30H28N2S/c1-21(19-31)7-5-9-23-13-15-25(17-23)29-27-11-3-4-12-28(27)30(33-29)26-16-14-24(18-26)10-6-8-22(2)20-32/h5-10,13-16H,3-4,11-12,17-18H2,1-2H3/b9-5+,10-6+,21-7-,22-8-. The Morgan fingerprint density at radius 3 is 1.64 bits per heavy atom. The maximum Gasteiger partial charge on any atom is 0.0944 e. The van der Waals surface area contributed by atoms with Gasteiger partial charge in [0.05, 0.1) is 12.1 Å². The number of nitriles is 2. The largest absolute Gasteiger partial charge is 0.193 e. The fourth-order valence-corrected chi connectivity index (χ4v) is 5.93. The summed E-state index contributed by atoms with van der Waals surface area (Å²) in [4.78, 5) is 2.95. The number of hydrogen-bond acceptors (Lipinski definition) is 3. The smallest absolute Gasteiger partial charge is 0.0944 e. The summed E-state index contributed by atoms with van der Waals surface area (Å²) >= 11 is 1.98. The minimum absolute atomic E-state index is 0.721. The van der Waals surface area contributed by atoms with Gasteiger partial charge in [0.1, 0.15) is 0 Å². The van der Waals surface area contributed by atoms with Crippen LogP contribution in [-0.4, -0.2) is 0 Å². The number of rotatable bonds is 6. The van der Waals surface area contributed by atoms with Crippen molar-refractivity contribution >= 4 is 22.5 Å². The van der Waals surface area contributed by atoms with E-state index in [1.165, 1.54) is 57.7 Å². The van der Waals surface area contributed by atoms with Crippen LogP contribution < -0.4 is 0 Å². The zero-order chi connectivity index (χ0) is 23.2. The molecule has 2 nitrogen and oxygen atoms in total. The quantitative estimate of drug-likeness (QED) is 0.326. The molecule has 1 heterocycles.